The highest BCUT2D eigenvalue weighted by atomic mass is 32.1. The SMILES string of the molecule is CCC1CCCCC1NC(=O)C(C(N)=S)c1ccccc1. The first-order chi connectivity index (χ1) is 10.1. The van der Waals surface area contributed by atoms with Crippen molar-refractivity contribution in [2.75, 3.05) is 0 Å². The van der Waals surface area contributed by atoms with Gasteiger partial charge in [-0.25, -0.2) is 0 Å². The van der Waals surface area contributed by atoms with Crippen molar-refractivity contribution in [2.45, 2.75) is 51.0 Å². The van der Waals surface area contributed by atoms with Crippen LogP contribution >= 0.6 is 12.2 Å². The molecule has 1 aromatic carbocycles. The van der Waals surface area contributed by atoms with E-state index in [4.69, 9.17) is 18.0 Å². The Kier molecular flexibility index (Phi) is 5.74. The number of nitrogens with two attached hydrogens (primary N) is 1. The second kappa shape index (κ2) is 7.55. The van der Waals surface area contributed by atoms with Crippen molar-refractivity contribution in [3.05, 3.63) is 35.9 Å². The van der Waals surface area contributed by atoms with Crippen molar-refractivity contribution in [2.24, 2.45) is 11.7 Å². The highest BCUT2D eigenvalue weighted by molar-refractivity contribution is 7.80. The van der Waals surface area contributed by atoms with Crippen molar-refractivity contribution in [1.29, 1.82) is 0 Å². The summed E-state index contributed by atoms with van der Waals surface area (Å²) in [7, 11) is 0. The molecule has 1 aliphatic carbocycles. The van der Waals surface area contributed by atoms with Crippen LogP contribution in [0.2, 0.25) is 0 Å². The van der Waals surface area contributed by atoms with E-state index in [9.17, 15) is 4.79 Å². The van der Waals surface area contributed by atoms with Crippen LogP contribution in [-0.4, -0.2) is 16.9 Å². The average Bonchev–Trinajstić information content (AvgIpc) is 2.48. The summed E-state index contributed by atoms with van der Waals surface area (Å²) in [5, 5.41) is 3.19. The fourth-order valence-corrected chi connectivity index (χ4v) is 3.49. The Hall–Kier alpha value is -1.42. The molecule has 1 amide bonds. The lowest BCUT2D eigenvalue weighted by Gasteiger charge is -2.32. The van der Waals surface area contributed by atoms with Crippen LogP contribution in [0.4, 0.5) is 0 Å². The van der Waals surface area contributed by atoms with Gasteiger partial charge in [0.25, 0.3) is 0 Å². The molecule has 21 heavy (non-hydrogen) atoms. The second-order valence-electron chi connectivity index (χ2n) is 5.81. The van der Waals surface area contributed by atoms with Crippen LogP contribution in [0.1, 0.15) is 50.5 Å². The lowest BCUT2D eigenvalue weighted by atomic mass is 9.82. The standard InChI is InChI=1S/C17H24N2OS/c1-2-12-8-6-7-11-14(12)19-17(20)15(16(18)21)13-9-4-3-5-10-13/h3-5,9-10,12,14-15H,2,6-8,11H2,1H3,(H2,18,21)(H,19,20). The number of carbonyl (C=O) groups is 1. The van der Waals surface area contributed by atoms with Crippen molar-refractivity contribution in [1.82, 2.24) is 5.32 Å². The molecular formula is C17H24N2OS. The fourth-order valence-electron chi connectivity index (χ4n) is 3.24. The van der Waals surface area contributed by atoms with E-state index in [2.05, 4.69) is 12.2 Å². The summed E-state index contributed by atoms with van der Waals surface area (Å²) in [5.41, 5.74) is 6.68. The summed E-state index contributed by atoms with van der Waals surface area (Å²) in [6.07, 6.45) is 5.81. The van der Waals surface area contributed by atoms with E-state index in [1.165, 1.54) is 19.3 Å². The molecule has 3 unspecified atom stereocenters. The fraction of sp³-hybridized carbons (Fsp3) is 0.529. The van der Waals surface area contributed by atoms with Gasteiger partial charge in [-0.15, -0.1) is 0 Å². The van der Waals surface area contributed by atoms with E-state index in [0.29, 0.717) is 5.92 Å². The lowest BCUT2D eigenvalue weighted by molar-refractivity contribution is -0.122. The van der Waals surface area contributed by atoms with Crippen LogP contribution in [0, 0.1) is 5.92 Å². The Morgan fingerprint density at radius 2 is 2.00 bits per heavy atom. The Balaban J connectivity index is 2.10. The van der Waals surface area contributed by atoms with Crippen molar-refractivity contribution >= 4 is 23.1 Å². The summed E-state index contributed by atoms with van der Waals surface area (Å²) >= 11 is 5.12. The van der Waals surface area contributed by atoms with Gasteiger partial charge in [0, 0.05) is 6.04 Å². The Morgan fingerprint density at radius 1 is 1.33 bits per heavy atom. The molecule has 2 rings (SSSR count). The minimum Gasteiger partial charge on any atom is -0.392 e. The number of thiocarbonyl (C=S) groups is 1. The topological polar surface area (TPSA) is 55.1 Å². The van der Waals surface area contributed by atoms with E-state index in [0.717, 1.165) is 18.4 Å². The number of carbonyl (C=O) groups excluding carboxylic acids is 1. The Bertz CT molecular complexity index is 489. The smallest absolute Gasteiger partial charge is 0.234 e. The van der Waals surface area contributed by atoms with Crippen LogP contribution in [-0.2, 0) is 4.79 Å². The molecule has 0 bridgehead atoms. The maximum Gasteiger partial charge on any atom is 0.234 e. The summed E-state index contributed by atoms with van der Waals surface area (Å²) in [6, 6.07) is 9.80. The highest BCUT2D eigenvalue weighted by Crippen LogP contribution is 2.27. The van der Waals surface area contributed by atoms with Gasteiger partial charge < -0.3 is 11.1 Å². The third-order valence-electron chi connectivity index (χ3n) is 4.44. The van der Waals surface area contributed by atoms with E-state index in [1.807, 2.05) is 30.3 Å². The van der Waals surface area contributed by atoms with Gasteiger partial charge in [-0.05, 0) is 24.3 Å². The summed E-state index contributed by atoms with van der Waals surface area (Å²) < 4.78 is 0. The van der Waals surface area contributed by atoms with Crippen LogP contribution in [0.25, 0.3) is 0 Å². The largest absolute Gasteiger partial charge is 0.392 e. The van der Waals surface area contributed by atoms with Gasteiger partial charge in [0.1, 0.15) is 5.92 Å². The third kappa shape index (κ3) is 4.03. The molecule has 0 aromatic heterocycles. The van der Waals surface area contributed by atoms with Gasteiger partial charge in [-0.2, -0.15) is 0 Å². The first-order valence-electron chi connectivity index (χ1n) is 7.78. The molecule has 3 N–H and O–H groups in total. The molecule has 0 radical (unpaired) electrons. The number of benzene rings is 1. The molecule has 1 aromatic rings. The quantitative estimate of drug-likeness (QED) is 0.822. The summed E-state index contributed by atoms with van der Waals surface area (Å²) in [5.74, 6) is -0.00912. The molecular weight excluding hydrogens is 280 g/mol. The van der Waals surface area contributed by atoms with Crippen LogP contribution in [0.5, 0.6) is 0 Å². The van der Waals surface area contributed by atoms with E-state index in [-0.39, 0.29) is 16.9 Å². The average molecular weight is 304 g/mol. The number of hydrogen-bond donors (Lipinski definition) is 2. The van der Waals surface area contributed by atoms with E-state index >= 15 is 0 Å². The Morgan fingerprint density at radius 3 is 2.62 bits per heavy atom. The first kappa shape index (κ1) is 16.0. The molecule has 4 heteroatoms. The van der Waals surface area contributed by atoms with Crippen LogP contribution < -0.4 is 11.1 Å². The van der Waals surface area contributed by atoms with E-state index in [1.54, 1.807) is 0 Å². The minimum atomic E-state index is -0.527. The predicted octanol–water partition coefficient (Wildman–Crippen LogP) is 3.14. The maximum absolute atomic E-state index is 12.6. The molecule has 1 fully saturated rings. The van der Waals surface area contributed by atoms with Crippen LogP contribution in [0.15, 0.2) is 30.3 Å². The molecule has 0 saturated heterocycles. The maximum atomic E-state index is 12.6. The first-order valence-corrected chi connectivity index (χ1v) is 8.19. The Labute approximate surface area is 132 Å². The number of amides is 1. The van der Waals surface area contributed by atoms with Gasteiger partial charge in [-0.1, -0.05) is 68.7 Å². The molecule has 3 atom stereocenters. The third-order valence-corrected chi connectivity index (χ3v) is 4.68. The normalized spacial score (nSPS) is 23.3. The molecule has 0 aliphatic heterocycles. The van der Waals surface area contributed by atoms with Gasteiger partial charge in [-0.3, -0.25) is 4.79 Å². The number of rotatable bonds is 5. The molecule has 1 aliphatic rings. The molecule has 1 saturated carbocycles. The summed E-state index contributed by atoms with van der Waals surface area (Å²) in [6.45, 7) is 2.19. The molecule has 114 valence electrons. The van der Waals surface area contributed by atoms with Crippen molar-refractivity contribution < 1.29 is 4.79 Å². The zero-order valence-electron chi connectivity index (χ0n) is 12.5. The zero-order chi connectivity index (χ0) is 15.2. The van der Waals surface area contributed by atoms with E-state index < -0.39 is 5.92 Å². The predicted molar refractivity (Wildman–Crippen MR) is 90.1 cm³/mol. The second-order valence-corrected chi connectivity index (χ2v) is 6.29. The highest BCUT2D eigenvalue weighted by Gasteiger charge is 2.29. The van der Waals surface area contributed by atoms with Crippen molar-refractivity contribution in [3.8, 4) is 0 Å². The van der Waals surface area contributed by atoms with Gasteiger partial charge >= 0.3 is 0 Å². The van der Waals surface area contributed by atoms with Gasteiger partial charge in [0.2, 0.25) is 5.91 Å². The van der Waals surface area contributed by atoms with Gasteiger partial charge in [0.05, 0.1) is 4.99 Å². The molecule has 0 spiro atoms. The molecule has 0 heterocycles. The van der Waals surface area contributed by atoms with Gasteiger partial charge in [0.15, 0.2) is 0 Å². The molecule has 3 nitrogen and oxygen atoms in total. The number of hydrogen-bond acceptors (Lipinski definition) is 2. The summed E-state index contributed by atoms with van der Waals surface area (Å²) in [4.78, 5) is 12.9. The lowest BCUT2D eigenvalue weighted by Crippen LogP contribution is -2.46. The zero-order valence-corrected chi connectivity index (χ0v) is 13.4. The monoisotopic (exact) mass is 304 g/mol. The minimum absolute atomic E-state index is 0.0564. The van der Waals surface area contributed by atoms with Crippen LogP contribution in [0.3, 0.4) is 0 Å². The number of nitrogens with one attached hydrogen (secondary N) is 1. The van der Waals surface area contributed by atoms with Crippen molar-refractivity contribution in [3.63, 3.8) is 0 Å².